The molecule has 0 atom stereocenters. The van der Waals surface area contributed by atoms with Crippen molar-refractivity contribution in [2.45, 2.75) is 39.0 Å². The second-order valence-electron chi connectivity index (χ2n) is 6.05. The van der Waals surface area contributed by atoms with Crippen molar-refractivity contribution in [2.75, 3.05) is 32.8 Å². The van der Waals surface area contributed by atoms with Crippen molar-refractivity contribution in [1.29, 1.82) is 0 Å². The van der Waals surface area contributed by atoms with Crippen molar-refractivity contribution in [1.82, 2.24) is 4.90 Å². The van der Waals surface area contributed by atoms with Crippen LogP contribution in [0.15, 0.2) is 29.3 Å². The Balaban J connectivity index is 0.00000264. The largest absolute Gasteiger partial charge is 0.381 e. The van der Waals surface area contributed by atoms with Gasteiger partial charge in [0, 0.05) is 31.7 Å². The first-order valence-corrected chi connectivity index (χ1v) is 8.31. The molecule has 1 heterocycles. The Kier molecular flexibility index (Phi) is 8.33. The van der Waals surface area contributed by atoms with Crippen LogP contribution in [0.5, 0.6) is 0 Å². The molecule has 1 aliphatic rings. The van der Waals surface area contributed by atoms with E-state index in [0.29, 0.717) is 5.96 Å². The molecule has 0 unspecified atom stereocenters. The Hall–Kier alpha value is -0.820. The Labute approximate surface area is 157 Å². The van der Waals surface area contributed by atoms with E-state index in [9.17, 15) is 0 Å². The topological polar surface area (TPSA) is 50.8 Å². The van der Waals surface area contributed by atoms with Gasteiger partial charge in [-0.2, -0.15) is 0 Å². The summed E-state index contributed by atoms with van der Waals surface area (Å²) in [5.41, 5.74) is 8.96. The third-order valence-corrected chi connectivity index (χ3v) is 4.80. The average molecular weight is 431 g/mol. The van der Waals surface area contributed by atoms with Gasteiger partial charge >= 0.3 is 0 Å². The highest BCUT2D eigenvalue weighted by Gasteiger charge is 2.35. The van der Waals surface area contributed by atoms with E-state index < -0.39 is 0 Å². The third kappa shape index (κ3) is 4.83. The van der Waals surface area contributed by atoms with Gasteiger partial charge in [-0.15, -0.1) is 24.0 Å². The molecule has 1 aromatic rings. The van der Waals surface area contributed by atoms with Crippen LogP contribution in [0.3, 0.4) is 0 Å². The maximum Gasteiger partial charge on any atom is 0.191 e. The van der Waals surface area contributed by atoms with Gasteiger partial charge in [-0.3, -0.25) is 4.99 Å². The van der Waals surface area contributed by atoms with Gasteiger partial charge in [0.25, 0.3) is 0 Å². The van der Waals surface area contributed by atoms with E-state index in [4.69, 9.17) is 15.5 Å². The van der Waals surface area contributed by atoms with E-state index >= 15 is 0 Å². The number of hydrogen-bond donors (Lipinski definition) is 1. The van der Waals surface area contributed by atoms with Crippen LogP contribution >= 0.6 is 24.0 Å². The molecule has 5 heteroatoms. The molecule has 0 amide bonds. The molecule has 1 fully saturated rings. The molecule has 0 aliphatic carbocycles. The first kappa shape index (κ1) is 20.2. The lowest BCUT2D eigenvalue weighted by atomic mass is 9.72. The predicted octanol–water partition coefficient (Wildman–Crippen LogP) is 3.32. The Bertz CT molecular complexity index is 509. The Morgan fingerprint density at radius 2 is 1.83 bits per heavy atom. The fourth-order valence-electron chi connectivity index (χ4n) is 3.32. The number of rotatable bonds is 5. The van der Waals surface area contributed by atoms with Crippen LogP contribution < -0.4 is 5.73 Å². The maximum absolute atomic E-state index is 6.18. The van der Waals surface area contributed by atoms with E-state index in [1.165, 1.54) is 11.1 Å². The molecule has 0 spiro atoms. The third-order valence-electron chi connectivity index (χ3n) is 4.80. The van der Waals surface area contributed by atoms with Gasteiger partial charge in [-0.25, -0.2) is 0 Å². The normalized spacial score (nSPS) is 17.4. The van der Waals surface area contributed by atoms with Crippen molar-refractivity contribution in [3.05, 3.63) is 35.4 Å². The molecule has 130 valence electrons. The van der Waals surface area contributed by atoms with Gasteiger partial charge in [0.1, 0.15) is 0 Å². The quantitative estimate of drug-likeness (QED) is 0.442. The Morgan fingerprint density at radius 1 is 1.22 bits per heavy atom. The second kappa shape index (κ2) is 9.47. The number of aryl methyl sites for hydroxylation is 1. The highest BCUT2D eigenvalue weighted by Crippen LogP contribution is 2.37. The molecular weight excluding hydrogens is 401 g/mol. The maximum atomic E-state index is 6.18. The standard InChI is InChI=1S/C18H29N3O.HI/c1-4-21(5-2)17(19)20-14-18(10-12-22-13-11-18)16-9-7-6-8-15(16)3;/h6-9H,4-5,10-14H2,1-3H3,(H2,19,20);1H. The van der Waals surface area contributed by atoms with Crippen LogP contribution in [0.4, 0.5) is 0 Å². The zero-order chi connectivity index (χ0) is 16.0. The van der Waals surface area contributed by atoms with Crippen LogP contribution in [-0.2, 0) is 10.2 Å². The minimum atomic E-state index is 0. The minimum Gasteiger partial charge on any atom is -0.381 e. The molecule has 0 bridgehead atoms. The van der Waals surface area contributed by atoms with Gasteiger partial charge in [0.15, 0.2) is 5.96 Å². The summed E-state index contributed by atoms with van der Waals surface area (Å²) in [6.45, 7) is 10.5. The molecule has 23 heavy (non-hydrogen) atoms. The number of hydrogen-bond acceptors (Lipinski definition) is 2. The lowest BCUT2D eigenvalue weighted by molar-refractivity contribution is 0.0528. The van der Waals surface area contributed by atoms with Crippen molar-refractivity contribution in [3.63, 3.8) is 0 Å². The van der Waals surface area contributed by atoms with Crippen LogP contribution in [0.25, 0.3) is 0 Å². The average Bonchev–Trinajstić information content (AvgIpc) is 2.55. The molecule has 2 N–H and O–H groups in total. The van der Waals surface area contributed by atoms with Crippen LogP contribution in [0, 0.1) is 6.92 Å². The summed E-state index contributed by atoms with van der Waals surface area (Å²) >= 11 is 0. The number of nitrogens with zero attached hydrogens (tertiary/aromatic N) is 2. The summed E-state index contributed by atoms with van der Waals surface area (Å²) in [5, 5.41) is 0. The lowest BCUT2D eigenvalue weighted by Gasteiger charge is -2.38. The number of benzene rings is 1. The van der Waals surface area contributed by atoms with Gasteiger partial charge in [-0.05, 0) is 44.7 Å². The van der Waals surface area contributed by atoms with Crippen LogP contribution in [0.2, 0.25) is 0 Å². The van der Waals surface area contributed by atoms with Gasteiger partial charge in [0.2, 0.25) is 0 Å². The van der Waals surface area contributed by atoms with E-state index in [0.717, 1.165) is 45.7 Å². The molecule has 1 saturated heterocycles. The van der Waals surface area contributed by atoms with Crippen LogP contribution in [0.1, 0.15) is 37.8 Å². The Morgan fingerprint density at radius 3 is 2.39 bits per heavy atom. The molecule has 1 aliphatic heterocycles. The minimum absolute atomic E-state index is 0. The number of ether oxygens (including phenoxy) is 1. The van der Waals surface area contributed by atoms with E-state index in [-0.39, 0.29) is 29.4 Å². The number of nitrogens with two attached hydrogens (primary N) is 1. The molecule has 0 saturated carbocycles. The molecule has 0 aromatic heterocycles. The van der Waals surface area contributed by atoms with E-state index in [1.54, 1.807) is 0 Å². The zero-order valence-electron chi connectivity index (χ0n) is 14.5. The molecule has 1 aromatic carbocycles. The van der Waals surface area contributed by atoms with Crippen molar-refractivity contribution < 1.29 is 4.74 Å². The van der Waals surface area contributed by atoms with E-state index in [2.05, 4.69) is 49.9 Å². The fourth-order valence-corrected chi connectivity index (χ4v) is 3.32. The molecular formula is C18H30IN3O. The van der Waals surface area contributed by atoms with Gasteiger partial charge in [0.05, 0.1) is 6.54 Å². The zero-order valence-corrected chi connectivity index (χ0v) is 16.9. The monoisotopic (exact) mass is 431 g/mol. The SMILES string of the molecule is CCN(CC)C(N)=NCC1(c2ccccc2C)CCOCC1.I. The molecule has 4 nitrogen and oxygen atoms in total. The van der Waals surface area contributed by atoms with Crippen LogP contribution in [-0.4, -0.2) is 43.7 Å². The molecule has 0 radical (unpaired) electrons. The van der Waals surface area contributed by atoms with Crippen molar-refractivity contribution >= 4 is 29.9 Å². The van der Waals surface area contributed by atoms with Crippen molar-refractivity contribution in [2.24, 2.45) is 10.7 Å². The summed E-state index contributed by atoms with van der Waals surface area (Å²) in [6, 6.07) is 8.64. The van der Waals surface area contributed by atoms with Gasteiger partial charge < -0.3 is 15.4 Å². The number of aliphatic imine (C=N–C) groups is 1. The second-order valence-corrected chi connectivity index (χ2v) is 6.05. The summed E-state index contributed by atoms with van der Waals surface area (Å²) in [7, 11) is 0. The highest BCUT2D eigenvalue weighted by molar-refractivity contribution is 14.0. The van der Waals surface area contributed by atoms with Crippen molar-refractivity contribution in [3.8, 4) is 0 Å². The predicted molar refractivity (Wildman–Crippen MR) is 108 cm³/mol. The smallest absolute Gasteiger partial charge is 0.191 e. The van der Waals surface area contributed by atoms with Gasteiger partial charge in [-0.1, -0.05) is 24.3 Å². The fraction of sp³-hybridized carbons (Fsp3) is 0.611. The first-order valence-electron chi connectivity index (χ1n) is 8.31. The number of halogens is 1. The molecule has 2 rings (SSSR count). The summed E-state index contributed by atoms with van der Waals surface area (Å²) in [5.74, 6) is 0.657. The summed E-state index contributed by atoms with van der Waals surface area (Å²) < 4.78 is 5.59. The lowest BCUT2D eigenvalue weighted by Crippen LogP contribution is -2.41. The number of guanidine groups is 1. The highest BCUT2D eigenvalue weighted by atomic mass is 127. The summed E-state index contributed by atoms with van der Waals surface area (Å²) in [6.07, 6.45) is 2.01. The van der Waals surface area contributed by atoms with E-state index in [1.807, 2.05) is 0 Å². The first-order chi connectivity index (χ1) is 10.6. The summed E-state index contributed by atoms with van der Waals surface area (Å²) in [4.78, 5) is 6.85.